The molecule has 0 bridgehead atoms. The van der Waals surface area contributed by atoms with E-state index in [4.69, 9.17) is 9.31 Å². The topological polar surface area (TPSA) is 64.9 Å². The summed E-state index contributed by atoms with van der Waals surface area (Å²) in [6.45, 7) is 8.16. The number of pyridine rings is 1. The summed E-state index contributed by atoms with van der Waals surface area (Å²) in [5.74, 6) is -2.26. The molecule has 0 saturated carbocycles. The number of alkyl halides is 3. The molecule has 10 heteroatoms. The summed E-state index contributed by atoms with van der Waals surface area (Å²) < 4.78 is 50.2. The van der Waals surface area contributed by atoms with Crippen LogP contribution < -0.4 is 10.8 Å². The second-order valence-electron chi connectivity index (χ2n) is 6.32. The molecule has 1 N–H and O–H groups in total. The predicted molar refractivity (Wildman–Crippen MR) is 92.3 cm³/mol. The van der Waals surface area contributed by atoms with Crippen LogP contribution in [0.5, 0.6) is 0 Å². The lowest BCUT2D eigenvalue weighted by atomic mass is 9.78. The van der Waals surface area contributed by atoms with E-state index in [0.29, 0.717) is 17.7 Å². The summed E-state index contributed by atoms with van der Waals surface area (Å²) in [7, 11) is -0.630. The number of halogens is 3. The van der Waals surface area contributed by atoms with E-state index < -0.39 is 24.8 Å². The van der Waals surface area contributed by atoms with Crippen molar-refractivity contribution in [2.45, 2.75) is 45.9 Å². The lowest BCUT2D eigenvalue weighted by Gasteiger charge is -2.28. The van der Waals surface area contributed by atoms with Crippen molar-refractivity contribution in [1.82, 2.24) is 9.38 Å². The Hall–Kier alpha value is -2.07. The van der Waals surface area contributed by atoms with E-state index in [0.717, 1.165) is 6.42 Å². The van der Waals surface area contributed by atoms with Crippen LogP contribution in [0.3, 0.4) is 0 Å². The molecule has 0 fully saturated rings. The molecule has 0 saturated heterocycles. The van der Waals surface area contributed by atoms with Gasteiger partial charge in [-0.05, 0) is 38.7 Å². The zero-order valence-electron chi connectivity index (χ0n) is 15.1. The summed E-state index contributed by atoms with van der Waals surface area (Å²) in [6.07, 6.45) is -1.24. The predicted octanol–water partition coefficient (Wildman–Crippen LogP) is 2.77. The summed E-state index contributed by atoms with van der Waals surface area (Å²) in [6, 6.07) is 3.34. The van der Waals surface area contributed by atoms with Gasteiger partial charge in [-0.25, -0.2) is 4.98 Å². The molecule has 6 nitrogen and oxygen atoms in total. The van der Waals surface area contributed by atoms with Crippen molar-refractivity contribution < 1.29 is 27.3 Å². The molecule has 2 rings (SSSR count). The Labute approximate surface area is 149 Å². The minimum absolute atomic E-state index is 0.188. The van der Waals surface area contributed by atoms with Gasteiger partial charge < -0.3 is 19.0 Å². The largest absolute Gasteiger partial charge is 0.495 e. The summed E-state index contributed by atoms with van der Waals surface area (Å²) >= 11 is 0. The highest BCUT2D eigenvalue weighted by molar-refractivity contribution is 6.61. The van der Waals surface area contributed by atoms with Crippen LogP contribution in [-0.2, 0) is 14.1 Å². The number of carbonyl (C=O) groups is 1. The minimum atomic E-state index is -4.97. The molecule has 2 aromatic heterocycles. The summed E-state index contributed by atoms with van der Waals surface area (Å²) in [5.41, 5.74) is 0.665. The summed E-state index contributed by atoms with van der Waals surface area (Å²) in [5, 5.41) is 1.73. The van der Waals surface area contributed by atoms with Crippen molar-refractivity contribution in [2.75, 3.05) is 11.9 Å². The van der Waals surface area contributed by atoms with E-state index in [1.807, 2.05) is 27.7 Å². The van der Waals surface area contributed by atoms with Gasteiger partial charge in [-0.15, -0.1) is 0 Å². The normalized spacial score (nSPS) is 12.4. The van der Waals surface area contributed by atoms with Crippen LogP contribution in [0.4, 0.5) is 19.0 Å². The Balaban J connectivity index is 2.27. The third-order valence-electron chi connectivity index (χ3n) is 3.84. The van der Waals surface area contributed by atoms with Crippen LogP contribution in [-0.4, -0.2) is 40.8 Å². The zero-order chi connectivity index (χ0) is 19.5. The van der Waals surface area contributed by atoms with E-state index >= 15 is 0 Å². The second-order valence-corrected chi connectivity index (χ2v) is 6.32. The highest BCUT2D eigenvalue weighted by Crippen LogP contribution is 2.19. The van der Waals surface area contributed by atoms with Crippen LogP contribution in [0, 0.1) is 0 Å². The summed E-state index contributed by atoms with van der Waals surface area (Å²) in [4.78, 5) is 15.0. The lowest BCUT2D eigenvalue weighted by molar-refractivity contribution is -0.167. The standard InChI is InChI=1S/C16H21BF3N3O3/c1-5-15(3,4)26-17(25-6-2)11-7-8-13-21-12(10-23(13)9-11)22-14(24)16(18,19)20/h7-10H,5-6H2,1-4H3,(H,22,24). The molecule has 0 aliphatic carbocycles. The van der Waals surface area contributed by atoms with Crippen molar-refractivity contribution in [1.29, 1.82) is 0 Å². The van der Waals surface area contributed by atoms with Gasteiger partial charge in [0.2, 0.25) is 0 Å². The number of imidazole rings is 1. The fourth-order valence-electron chi connectivity index (χ4n) is 2.12. The lowest BCUT2D eigenvalue weighted by Crippen LogP contribution is -2.44. The highest BCUT2D eigenvalue weighted by Gasteiger charge is 2.39. The average Bonchev–Trinajstić information content (AvgIpc) is 2.94. The van der Waals surface area contributed by atoms with E-state index in [1.165, 1.54) is 10.6 Å². The quantitative estimate of drug-likeness (QED) is 0.761. The first-order valence-electron chi connectivity index (χ1n) is 8.22. The van der Waals surface area contributed by atoms with Crippen LogP contribution in [0.1, 0.15) is 34.1 Å². The molecular formula is C16H21BF3N3O3. The number of carbonyl (C=O) groups excluding carboxylic acids is 1. The number of nitrogens with zero attached hydrogens (tertiary/aromatic N) is 2. The third kappa shape index (κ3) is 4.98. The van der Waals surface area contributed by atoms with Gasteiger partial charge in [0.05, 0.1) is 6.20 Å². The van der Waals surface area contributed by atoms with Gasteiger partial charge in [0.15, 0.2) is 5.82 Å². The monoisotopic (exact) mass is 371 g/mol. The number of aromatic nitrogens is 2. The van der Waals surface area contributed by atoms with Gasteiger partial charge in [-0.1, -0.05) is 13.0 Å². The second kappa shape index (κ2) is 7.67. The first kappa shape index (κ1) is 20.2. The van der Waals surface area contributed by atoms with Gasteiger partial charge in [0.1, 0.15) is 5.65 Å². The minimum Gasteiger partial charge on any atom is -0.408 e. The van der Waals surface area contributed by atoms with E-state index in [-0.39, 0.29) is 5.82 Å². The maximum absolute atomic E-state index is 12.4. The molecule has 2 heterocycles. The van der Waals surface area contributed by atoms with Gasteiger partial charge in [-0.3, -0.25) is 4.79 Å². The fraction of sp³-hybridized carbons (Fsp3) is 0.500. The van der Waals surface area contributed by atoms with E-state index in [2.05, 4.69) is 4.98 Å². The van der Waals surface area contributed by atoms with Crippen molar-refractivity contribution >= 4 is 30.0 Å². The maximum Gasteiger partial charge on any atom is 0.495 e. The van der Waals surface area contributed by atoms with Crippen molar-refractivity contribution in [3.8, 4) is 0 Å². The molecule has 26 heavy (non-hydrogen) atoms. The van der Waals surface area contributed by atoms with Crippen LogP contribution in [0.25, 0.3) is 5.65 Å². The molecule has 0 aliphatic heterocycles. The first-order valence-corrected chi connectivity index (χ1v) is 8.22. The van der Waals surface area contributed by atoms with Gasteiger partial charge >= 0.3 is 19.2 Å². The molecule has 2 aromatic rings. The SMILES string of the molecule is CCOB(OC(C)(C)CC)c1ccc2nc(NC(=O)C(F)(F)F)cn2c1. The first-order chi connectivity index (χ1) is 12.1. The van der Waals surface area contributed by atoms with Crippen LogP contribution in [0.2, 0.25) is 0 Å². The number of anilines is 1. The van der Waals surface area contributed by atoms with E-state index in [1.54, 1.807) is 23.6 Å². The molecule has 0 radical (unpaired) electrons. The molecule has 0 aliphatic rings. The number of fused-ring (bicyclic) bond motifs is 1. The van der Waals surface area contributed by atoms with Crippen molar-refractivity contribution in [3.63, 3.8) is 0 Å². The average molecular weight is 371 g/mol. The molecule has 142 valence electrons. The Morgan fingerprint density at radius 3 is 2.54 bits per heavy atom. The van der Waals surface area contributed by atoms with Crippen molar-refractivity contribution in [2.24, 2.45) is 0 Å². The van der Waals surface area contributed by atoms with Crippen molar-refractivity contribution in [3.05, 3.63) is 24.5 Å². The Kier molecular flexibility index (Phi) is 5.97. The van der Waals surface area contributed by atoms with Gasteiger partial charge in [-0.2, -0.15) is 13.2 Å². The van der Waals surface area contributed by atoms with E-state index in [9.17, 15) is 18.0 Å². The van der Waals surface area contributed by atoms with Gasteiger partial charge in [0.25, 0.3) is 0 Å². The molecule has 0 unspecified atom stereocenters. The maximum atomic E-state index is 12.4. The Morgan fingerprint density at radius 1 is 1.27 bits per heavy atom. The number of amides is 1. The smallest absolute Gasteiger partial charge is 0.408 e. The molecular weight excluding hydrogens is 350 g/mol. The highest BCUT2D eigenvalue weighted by atomic mass is 19.4. The molecule has 0 spiro atoms. The Morgan fingerprint density at radius 2 is 1.96 bits per heavy atom. The third-order valence-corrected chi connectivity index (χ3v) is 3.84. The Bertz CT molecular complexity index is 777. The number of nitrogens with one attached hydrogen (secondary N) is 1. The number of hydrogen-bond donors (Lipinski definition) is 1. The number of hydrogen-bond acceptors (Lipinski definition) is 4. The fourth-order valence-corrected chi connectivity index (χ4v) is 2.12. The number of rotatable bonds is 7. The molecule has 0 atom stereocenters. The van der Waals surface area contributed by atoms with Crippen LogP contribution in [0.15, 0.2) is 24.5 Å². The molecule has 1 amide bonds. The zero-order valence-corrected chi connectivity index (χ0v) is 15.1. The van der Waals surface area contributed by atoms with Crippen LogP contribution >= 0.6 is 0 Å². The molecule has 0 aromatic carbocycles. The van der Waals surface area contributed by atoms with Gasteiger partial charge in [0, 0.05) is 18.4 Å².